The second-order valence-electron chi connectivity index (χ2n) is 5.14. The van der Waals surface area contributed by atoms with Crippen molar-refractivity contribution < 1.29 is 4.79 Å². The molecule has 1 heterocycles. The first-order chi connectivity index (χ1) is 9.01. The molecular weight excluding hydrogens is 328 g/mol. The molecule has 2 unspecified atom stereocenters. The normalized spacial score (nSPS) is 23.5. The Labute approximate surface area is 127 Å². The molecule has 0 aromatic heterocycles. The number of carbonyl (C=O) groups is 1. The lowest BCUT2D eigenvalue weighted by molar-refractivity contribution is 0.0567. The highest BCUT2D eigenvalue weighted by molar-refractivity contribution is 9.10. The monoisotopic (exact) mass is 344 g/mol. The Morgan fingerprint density at radius 2 is 2.21 bits per heavy atom. The first-order valence-electron chi connectivity index (χ1n) is 6.48. The molecule has 1 aliphatic heterocycles. The van der Waals surface area contributed by atoms with Gasteiger partial charge in [-0.05, 0) is 50.4 Å². The fourth-order valence-corrected chi connectivity index (χ4v) is 3.36. The fraction of sp³-hybridized carbons (Fsp3) is 0.500. The molecule has 0 radical (unpaired) electrons. The van der Waals surface area contributed by atoms with Crippen LogP contribution < -0.4 is 5.73 Å². The zero-order chi connectivity index (χ0) is 14.0. The SMILES string of the molecule is CC1CCC(CN)CN1C(=O)c1cc(Cl)cc(Br)c1. The van der Waals surface area contributed by atoms with Crippen LogP contribution in [0.5, 0.6) is 0 Å². The van der Waals surface area contributed by atoms with Crippen LogP contribution in [0.15, 0.2) is 22.7 Å². The largest absolute Gasteiger partial charge is 0.336 e. The van der Waals surface area contributed by atoms with Crippen molar-refractivity contribution in [2.45, 2.75) is 25.8 Å². The summed E-state index contributed by atoms with van der Waals surface area (Å²) >= 11 is 9.38. The molecule has 1 fully saturated rings. The van der Waals surface area contributed by atoms with Crippen LogP contribution in [0.4, 0.5) is 0 Å². The van der Waals surface area contributed by atoms with E-state index in [1.165, 1.54) is 0 Å². The smallest absolute Gasteiger partial charge is 0.254 e. The van der Waals surface area contributed by atoms with Crippen molar-refractivity contribution >= 4 is 33.4 Å². The Bertz CT molecular complexity index is 460. The van der Waals surface area contributed by atoms with Crippen LogP contribution in [-0.4, -0.2) is 29.9 Å². The van der Waals surface area contributed by atoms with E-state index in [1.807, 2.05) is 11.0 Å². The van der Waals surface area contributed by atoms with Crippen LogP contribution in [-0.2, 0) is 0 Å². The van der Waals surface area contributed by atoms with Gasteiger partial charge in [-0.1, -0.05) is 27.5 Å². The first kappa shape index (κ1) is 14.8. The molecular formula is C14H18BrClN2O. The lowest BCUT2D eigenvalue weighted by Crippen LogP contribution is -2.47. The number of piperidine rings is 1. The molecule has 0 spiro atoms. The first-order valence-corrected chi connectivity index (χ1v) is 7.65. The van der Waals surface area contributed by atoms with Gasteiger partial charge in [-0.2, -0.15) is 0 Å². The molecule has 1 aromatic rings. The van der Waals surface area contributed by atoms with E-state index in [2.05, 4.69) is 22.9 Å². The summed E-state index contributed by atoms with van der Waals surface area (Å²) in [4.78, 5) is 14.5. The van der Waals surface area contributed by atoms with Crippen LogP contribution in [0.1, 0.15) is 30.1 Å². The summed E-state index contributed by atoms with van der Waals surface area (Å²) in [5.74, 6) is 0.441. The second-order valence-corrected chi connectivity index (χ2v) is 6.50. The van der Waals surface area contributed by atoms with Gasteiger partial charge in [0.15, 0.2) is 0 Å². The number of nitrogens with zero attached hydrogens (tertiary/aromatic N) is 1. The van der Waals surface area contributed by atoms with E-state index >= 15 is 0 Å². The third kappa shape index (κ3) is 3.50. The van der Waals surface area contributed by atoms with Crippen molar-refractivity contribution in [3.8, 4) is 0 Å². The maximum atomic E-state index is 12.6. The summed E-state index contributed by atoms with van der Waals surface area (Å²) in [7, 11) is 0. The van der Waals surface area contributed by atoms with E-state index in [4.69, 9.17) is 17.3 Å². The summed E-state index contributed by atoms with van der Waals surface area (Å²) in [6, 6.07) is 5.56. The molecule has 1 saturated heterocycles. The fourth-order valence-electron chi connectivity index (χ4n) is 2.50. The second kappa shape index (κ2) is 6.25. The minimum Gasteiger partial charge on any atom is -0.336 e. The third-order valence-electron chi connectivity index (χ3n) is 3.68. The number of rotatable bonds is 2. The van der Waals surface area contributed by atoms with Crippen LogP contribution in [0.3, 0.4) is 0 Å². The van der Waals surface area contributed by atoms with Gasteiger partial charge >= 0.3 is 0 Å². The van der Waals surface area contributed by atoms with Gasteiger partial charge in [0.1, 0.15) is 0 Å². The quantitative estimate of drug-likeness (QED) is 0.894. The topological polar surface area (TPSA) is 46.3 Å². The number of hydrogen-bond acceptors (Lipinski definition) is 2. The molecule has 1 aliphatic rings. The maximum absolute atomic E-state index is 12.6. The molecule has 2 N–H and O–H groups in total. The van der Waals surface area contributed by atoms with Crippen molar-refractivity contribution in [1.29, 1.82) is 0 Å². The summed E-state index contributed by atoms with van der Waals surface area (Å²) in [5, 5.41) is 0.567. The number of nitrogens with two attached hydrogens (primary N) is 1. The minimum atomic E-state index is 0.0360. The Morgan fingerprint density at radius 3 is 2.84 bits per heavy atom. The van der Waals surface area contributed by atoms with Gasteiger partial charge in [-0.25, -0.2) is 0 Å². The molecule has 2 rings (SSSR count). The molecule has 1 aromatic carbocycles. The standard InChI is InChI=1S/C14H18BrClN2O/c1-9-2-3-10(7-17)8-18(9)14(19)11-4-12(15)6-13(16)5-11/h4-6,9-10H,2-3,7-8,17H2,1H3. The van der Waals surface area contributed by atoms with Crippen molar-refractivity contribution in [2.75, 3.05) is 13.1 Å². The number of likely N-dealkylation sites (tertiary alicyclic amines) is 1. The summed E-state index contributed by atoms with van der Waals surface area (Å²) in [6.07, 6.45) is 2.11. The Balaban J connectivity index is 2.21. The van der Waals surface area contributed by atoms with E-state index in [-0.39, 0.29) is 11.9 Å². The average molecular weight is 346 g/mol. The molecule has 104 valence electrons. The summed E-state index contributed by atoms with van der Waals surface area (Å²) in [5.41, 5.74) is 6.36. The van der Waals surface area contributed by atoms with Crippen LogP contribution in [0.25, 0.3) is 0 Å². The lowest BCUT2D eigenvalue weighted by Gasteiger charge is -2.37. The third-order valence-corrected chi connectivity index (χ3v) is 4.36. The number of benzene rings is 1. The molecule has 0 aliphatic carbocycles. The van der Waals surface area contributed by atoms with Crippen molar-refractivity contribution in [1.82, 2.24) is 4.90 Å². The van der Waals surface area contributed by atoms with Gasteiger partial charge < -0.3 is 10.6 Å². The highest BCUT2D eigenvalue weighted by Crippen LogP contribution is 2.25. The lowest BCUT2D eigenvalue weighted by atomic mass is 9.93. The molecule has 0 bridgehead atoms. The van der Waals surface area contributed by atoms with Crippen LogP contribution in [0, 0.1) is 5.92 Å². The van der Waals surface area contributed by atoms with Crippen LogP contribution in [0.2, 0.25) is 5.02 Å². The zero-order valence-corrected chi connectivity index (χ0v) is 13.2. The average Bonchev–Trinajstić information content (AvgIpc) is 2.37. The maximum Gasteiger partial charge on any atom is 0.254 e. The molecule has 19 heavy (non-hydrogen) atoms. The van der Waals surface area contributed by atoms with Crippen molar-refractivity contribution in [3.05, 3.63) is 33.3 Å². The molecule has 2 atom stereocenters. The number of amides is 1. The van der Waals surface area contributed by atoms with E-state index < -0.39 is 0 Å². The summed E-state index contributed by atoms with van der Waals surface area (Å²) in [6.45, 7) is 3.46. The van der Waals surface area contributed by atoms with Gasteiger partial charge in [-0.3, -0.25) is 4.79 Å². The summed E-state index contributed by atoms with van der Waals surface area (Å²) < 4.78 is 0.823. The zero-order valence-electron chi connectivity index (χ0n) is 10.9. The Kier molecular flexibility index (Phi) is 4.87. The number of hydrogen-bond donors (Lipinski definition) is 1. The van der Waals surface area contributed by atoms with Gasteiger partial charge in [0.2, 0.25) is 0 Å². The number of carbonyl (C=O) groups excluding carboxylic acids is 1. The molecule has 5 heteroatoms. The Hall–Kier alpha value is -0.580. The predicted octanol–water partition coefficient (Wildman–Crippen LogP) is 3.30. The van der Waals surface area contributed by atoms with Gasteiger partial charge in [-0.15, -0.1) is 0 Å². The van der Waals surface area contributed by atoms with Crippen molar-refractivity contribution in [2.24, 2.45) is 11.7 Å². The number of halogens is 2. The molecule has 3 nitrogen and oxygen atoms in total. The van der Waals surface area contributed by atoms with Gasteiger partial charge in [0.05, 0.1) is 0 Å². The van der Waals surface area contributed by atoms with E-state index in [1.54, 1.807) is 12.1 Å². The highest BCUT2D eigenvalue weighted by Gasteiger charge is 2.29. The Morgan fingerprint density at radius 1 is 1.47 bits per heavy atom. The van der Waals surface area contributed by atoms with Gasteiger partial charge in [0.25, 0.3) is 5.91 Å². The predicted molar refractivity (Wildman–Crippen MR) is 81.4 cm³/mol. The van der Waals surface area contributed by atoms with E-state index in [9.17, 15) is 4.79 Å². The van der Waals surface area contributed by atoms with E-state index in [0.29, 0.717) is 23.0 Å². The molecule has 0 saturated carbocycles. The van der Waals surface area contributed by atoms with Crippen LogP contribution >= 0.6 is 27.5 Å². The molecule has 1 amide bonds. The van der Waals surface area contributed by atoms with E-state index in [0.717, 1.165) is 23.9 Å². The minimum absolute atomic E-state index is 0.0360. The van der Waals surface area contributed by atoms with Crippen molar-refractivity contribution in [3.63, 3.8) is 0 Å². The van der Waals surface area contributed by atoms with Gasteiger partial charge in [0, 0.05) is 27.6 Å². The highest BCUT2D eigenvalue weighted by atomic mass is 79.9.